The Hall–Kier alpha value is -2.18. The van der Waals surface area contributed by atoms with E-state index in [0.29, 0.717) is 22.9 Å². The van der Waals surface area contributed by atoms with Crippen molar-refractivity contribution in [3.63, 3.8) is 0 Å². The molecule has 2 aliphatic heterocycles. The Balaban J connectivity index is 1.77. The van der Waals surface area contributed by atoms with E-state index in [4.69, 9.17) is 11.6 Å². The molecule has 140 valence electrons. The summed E-state index contributed by atoms with van der Waals surface area (Å²) in [6.45, 7) is 6.48. The van der Waals surface area contributed by atoms with E-state index < -0.39 is 4.87 Å². The van der Waals surface area contributed by atoms with Gasteiger partial charge in [-0.05, 0) is 56.7 Å². The van der Waals surface area contributed by atoms with Gasteiger partial charge in [0.25, 0.3) is 5.91 Å². The summed E-state index contributed by atoms with van der Waals surface area (Å²) in [6.07, 6.45) is 0. The van der Waals surface area contributed by atoms with Gasteiger partial charge in [0.05, 0.1) is 0 Å². The number of nitrogens with zero attached hydrogens (tertiary/aromatic N) is 1. The maximum Gasteiger partial charge on any atom is 0.323 e. The number of hydrogen-bond acceptors (Lipinski definition) is 3. The molecule has 2 aromatic carbocycles. The molecule has 1 unspecified atom stereocenters. The molecule has 2 N–H and O–H groups in total. The lowest BCUT2D eigenvalue weighted by molar-refractivity contribution is -0.121. The molecule has 0 saturated carbocycles. The SMILES string of the molecule is Cc1cccc(NC(=O)N2CC(C)(C)SC23C(=O)Nc2ccc(Cl)cc23)c1. The monoisotopic (exact) mass is 401 g/mol. The molecule has 2 aromatic rings. The van der Waals surface area contributed by atoms with Crippen LogP contribution in [0, 0.1) is 6.92 Å². The Bertz CT molecular complexity index is 962. The van der Waals surface area contributed by atoms with Gasteiger partial charge in [-0.3, -0.25) is 9.69 Å². The molecule has 1 spiro atoms. The number of hydrogen-bond donors (Lipinski definition) is 2. The molecule has 27 heavy (non-hydrogen) atoms. The molecule has 7 heteroatoms. The number of thioether (sulfide) groups is 1. The molecule has 4 rings (SSSR count). The van der Waals surface area contributed by atoms with E-state index in [1.807, 2.05) is 45.0 Å². The summed E-state index contributed by atoms with van der Waals surface area (Å²) in [4.78, 5) is 26.8. The number of urea groups is 1. The van der Waals surface area contributed by atoms with Gasteiger partial charge in [-0.1, -0.05) is 23.7 Å². The van der Waals surface area contributed by atoms with Gasteiger partial charge in [0.2, 0.25) is 0 Å². The molecule has 0 radical (unpaired) electrons. The van der Waals surface area contributed by atoms with Gasteiger partial charge in [-0.15, -0.1) is 11.8 Å². The number of nitrogens with one attached hydrogen (secondary N) is 2. The van der Waals surface area contributed by atoms with Crippen LogP contribution in [0.1, 0.15) is 25.0 Å². The van der Waals surface area contributed by atoms with Crippen molar-refractivity contribution >= 4 is 46.7 Å². The molecule has 5 nitrogen and oxygen atoms in total. The van der Waals surface area contributed by atoms with Gasteiger partial charge in [-0.25, -0.2) is 4.79 Å². The first-order valence-electron chi connectivity index (χ1n) is 8.68. The van der Waals surface area contributed by atoms with Crippen LogP contribution in [-0.4, -0.2) is 28.1 Å². The highest BCUT2D eigenvalue weighted by Crippen LogP contribution is 2.58. The Morgan fingerprint density at radius 3 is 2.78 bits per heavy atom. The lowest BCUT2D eigenvalue weighted by atomic mass is 10.0. The maximum absolute atomic E-state index is 13.2. The van der Waals surface area contributed by atoms with E-state index in [1.54, 1.807) is 23.1 Å². The molecule has 2 heterocycles. The smallest absolute Gasteiger partial charge is 0.323 e. The van der Waals surface area contributed by atoms with Crippen molar-refractivity contribution in [2.24, 2.45) is 0 Å². The topological polar surface area (TPSA) is 61.4 Å². The minimum atomic E-state index is -1.13. The fraction of sp³-hybridized carbons (Fsp3) is 0.300. The Labute approximate surface area is 167 Å². The third-order valence-corrected chi connectivity index (χ3v) is 6.60. The number of amides is 3. The number of fused-ring (bicyclic) bond motifs is 2. The molecule has 1 atom stereocenters. The Morgan fingerprint density at radius 1 is 1.26 bits per heavy atom. The second-order valence-electron chi connectivity index (χ2n) is 7.54. The van der Waals surface area contributed by atoms with Gasteiger partial charge in [0, 0.05) is 33.3 Å². The summed E-state index contributed by atoms with van der Waals surface area (Å²) in [5.74, 6) is -0.213. The summed E-state index contributed by atoms with van der Waals surface area (Å²) < 4.78 is -0.286. The van der Waals surface area contributed by atoms with Gasteiger partial charge >= 0.3 is 6.03 Å². The highest BCUT2D eigenvalue weighted by atomic mass is 35.5. The third-order valence-electron chi connectivity index (χ3n) is 4.76. The molecular formula is C20H20ClN3O2S. The molecule has 2 aliphatic rings. The standard InChI is InChI=1S/C20H20ClN3O2S/c1-12-5-4-6-14(9-12)22-18(26)24-11-19(2,3)27-20(24)15-10-13(21)7-8-16(15)23-17(20)25/h4-10H,11H2,1-3H3,(H,22,26)(H,23,25). The number of benzene rings is 2. The Morgan fingerprint density at radius 2 is 2.04 bits per heavy atom. The predicted octanol–water partition coefficient (Wildman–Crippen LogP) is 4.81. The number of aryl methyl sites for hydroxylation is 1. The van der Waals surface area contributed by atoms with E-state index in [0.717, 1.165) is 11.1 Å². The van der Waals surface area contributed by atoms with Crippen LogP contribution in [0.2, 0.25) is 5.02 Å². The maximum atomic E-state index is 13.2. The number of carbonyl (C=O) groups excluding carboxylic acids is 2. The van der Waals surface area contributed by atoms with Crippen LogP contribution in [0.5, 0.6) is 0 Å². The largest absolute Gasteiger partial charge is 0.323 e. The quantitative estimate of drug-likeness (QED) is 0.720. The summed E-state index contributed by atoms with van der Waals surface area (Å²) in [5.41, 5.74) is 3.18. The molecule has 1 fully saturated rings. The highest BCUT2D eigenvalue weighted by molar-refractivity contribution is 8.02. The van der Waals surface area contributed by atoms with E-state index in [1.165, 1.54) is 11.8 Å². The van der Waals surface area contributed by atoms with Gasteiger partial charge in [0.1, 0.15) is 0 Å². The van der Waals surface area contributed by atoms with Gasteiger partial charge < -0.3 is 10.6 Å². The van der Waals surface area contributed by atoms with Gasteiger partial charge in [-0.2, -0.15) is 0 Å². The van der Waals surface area contributed by atoms with Crippen molar-refractivity contribution in [2.75, 3.05) is 17.2 Å². The fourth-order valence-electron chi connectivity index (χ4n) is 3.71. The average molecular weight is 402 g/mol. The lowest BCUT2D eigenvalue weighted by Crippen LogP contribution is -2.49. The first-order chi connectivity index (χ1) is 12.7. The van der Waals surface area contributed by atoms with Crippen molar-refractivity contribution in [3.05, 3.63) is 58.6 Å². The highest BCUT2D eigenvalue weighted by Gasteiger charge is 2.61. The normalized spacial score (nSPS) is 22.7. The number of carbonyl (C=O) groups is 2. The average Bonchev–Trinajstić information content (AvgIpc) is 3.02. The number of halogens is 1. The third kappa shape index (κ3) is 2.97. The number of rotatable bonds is 1. The van der Waals surface area contributed by atoms with Crippen LogP contribution in [0.15, 0.2) is 42.5 Å². The second-order valence-corrected chi connectivity index (χ2v) is 9.87. The van der Waals surface area contributed by atoms with Crippen molar-refractivity contribution in [2.45, 2.75) is 30.4 Å². The summed E-state index contributed by atoms with van der Waals surface area (Å²) in [7, 11) is 0. The zero-order chi connectivity index (χ0) is 19.4. The molecule has 0 aliphatic carbocycles. The molecule has 1 saturated heterocycles. The van der Waals surface area contributed by atoms with E-state index in [9.17, 15) is 9.59 Å². The zero-order valence-corrected chi connectivity index (χ0v) is 16.9. The molecular weight excluding hydrogens is 382 g/mol. The summed E-state index contributed by atoms with van der Waals surface area (Å²) in [6, 6.07) is 12.6. The van der Waals surface area contributed by atoms with E-state index >= 15 is 0 Å². The fourth-order valence-corrected chi connectivity index (χ4v) is 5.56. The Kier molecular flexibility index (Phi) is 4.16. The van der Waals surface area contributed by atoms with Crippen LogP contribution in [0.4, 0.5) is 16.2 Å². The van der Waals surface area contributed by atoms with Crippen LogP contribution in [0.25, 0.3) is 0 Å². The van der Waals surface area contributed by atoms with Crippen molar-refractivity contribution < 1.29 is 9.59 Å². The lowest BCUT2D eigenvalue weighted by Gasteiger charge is -2.32. The summed E-state index contributed by atoms with van der Waals surface area (Å²) in [5, 5.41) is 6.39. The molecule has 3 amide bonds. The number of anilines is 2. The van der Waals surface area contributed by atoms with Crippen molar-refractivity contribution in [1.82, 2.24) is 4.90 Å². The molecule has 0 aromatic heterocycles. The minimum Gasteiger partial charge on any atom is -0.323 e. The first-order valence-corrected chi connectivity index (χ1v) is 9.88. The van der Waals surface area contributed by atoms with Crippen LogP contribution < -0.4 is 10.6 Å². The van der Waals surface area contributed by atoms with E-state index in [2.05, 4.69) is 10.6 Å². The zero-order valence-electron chi connectivity index (χ0n) is 15.3. The first kappa shape index (κ1) is 18.2. The van der Waals surface area contributed by atoms with Crippen LogP contribution in [-0.2, 0) is 9.67 Å². The van der Waals surface area contributed by atoms with Crippen LogP contribution in [0.3, 0.4) is 0 Å². The molecule has 0 bridgehead atoms. The predicted molar refractivity (Wildman–Crippen MR) is 110 cm³/mol. The van der Waals surface area contributed by atoms with Crippen molar-refractivity contribution in [3.8, 4) is 0 Å². The van der Waals surface area contributed by atoms with Crippen LogP contribution >= 0.6 is 23.4 Å². The van der Waals surface area contributed by atoms with Crippen molar-refractivity contribution in [1.29, 1.82) is 0 Å². The van der Waals surface area contributed by atoms with E-state index in [-0.39, 0.29) is 16.7 Å². The summed E-state index contributed by atoms with van der Waals surface area (Å²) >= 11 is 7.69. The van der Waals surface area contributed by atoms with Gasteiger partial charge in [0.15, 0.2) is 4.87 Å². The second kappa shape index (κ2) is 6.17. The minimum absolute atomic E-state index is 0.213.